The molecule has 1 saturated heterocycles. The van der Waals surface area contributed by atoms with Gasteiger partial charge in [0, 0.05) is 6.54 Å². The first-order valence-corrected chi connectivity index (χ1v) is 6.63. The van der Waals surface area contributed by atoms with Gasteiger partial charge in [-0.3, -0.25) is 4.79 Å². The lowest BCUT2D eigenvalue weighted by Gasteiger charge is -2.28. The number of rotatable bonds is 3. The number of carbonyl (C=O) groups is 3. The van der Waals surface area contributed by atoms with Crippen LogP contribution in [0.3, 0.4) is 0 Å². The molecule has 1 unspecified atom stereocenters. The van der Waals surface area contributed by atoms with Crippen LogP contribution in [0.5, 0.6) is 0 Å². The average molecular weight is 269 g/mol. The van der Waals surface area contributed by atoms with Crippen molar-refractivity contribution in [3.63, 3.8) is 0 Å². The van der Waals surface area contributed by atoms with E-state index in [-0.39, 0.29) is 5.91 Å². The van der Waals surface area contributed by atoms with Crippen LogP contribution in [-0.2, 0) is 9.59 Å². The molecule has 2 aliphatic rings. The second kappa shape index (κ2) is 5.46. The smallest absolute Gasteiger partial charge is 0.329 e. The van der Waals surface area contributed by atoms with Gasteiger partial charge in [-0.25, -0.2) is 9.59 Å². The van der Waals surface area contributed by atoms with E-state index in [2.05, 4.69) is 16.0 Å². The topological polar surface area (TPSA) is 108 Å². The summed E-state index contributed by atoms with van der Waals surface area (Å²) in [6.07, 6.45) is 3.84. The van der Waals surface area contributed by atoms with Crippen LogP contribution < -0.4 is 16.0 Å². The predicted octanol–water partition coefficient (Wildman–Crippen LogP) is -0.0384. The number of amides is 3. The number of piperidine rings is 1. The third kappa shape index (κ3) is 2.97. The van der Waals surface area contributed by atoms with Gasteiger partial charge < -0.3 is 21.1 Å². The van der Waals surface area contributed by atoms with Gasteiger partial charge in [0.05, 0.1) is 0 Å². The monoisotopic (exact) mass is 269 g/mol. The summed E-state index contributed by atoms with van der Waals surface area (Å²) in [6.45, 7) is 0.623. The lowest BCUT2D eigenvalue weighted by molar-refractivity contribution is -0.144. The molecular formula is C12H19N3O4. The standard InChI is InChI=1S/C12H19N3O4/c16-9-8(4-3-7-13-9)14-11(19)15-12(10(17)18)5-1-2-6-12/h8H,1-7H2,(H,13,16)(H,17,18)(H2,14,15,19). The molecule has 0 aromatic heterocycles. The van der Waals surface area contributed by atoms with E-state index < -0.39 is 23.6 Å². The molecule has 19 heavy (non-hydrogen) atoms. The Balaban J connectivity index is 1.93. The van der Waals surface area contributed by atoms with Gasteiger partial charge in [-0.1, -0.05) is 12.8 Å². The average Bonchev–Trinajstić information content (AvgIpc) is 2.82. The van der Waals surface area contributed by atoms with E-state index >= 15 is 0 Å². The lowest BCUT2D eigenvalue weighted by atomic mass is 9.98. The number of hydrogen-bond donors (Lipinski definition) is 4. The fourth-order valence-corrected chi connectivity index (χ4v) is 2.69. The van der Waals surface area contributed by atoms with E-state index in [1.54, 1.807) is 0 Å². The molecule has 1 aliphatic carbocycles. The first-order valence-electron chi connectivity index (χ1n) is 6.63. The second-order valence-corrected chi connectivity index (χ2v) is 5.18. The van der Waals surface area contributed by atoms with Crippen molar-refractivity contribution in [3.05, 3.63) is 0 Å². The minimum Gasteiger partial charge on any atom is -0.480 e. The molecule has 0 spiro atoms. The third-order valence-electron chi connectivity index (χ3n) is 3.81. The zero-order valence-corrected chi connectivity index (χ0v) is 10.7. The van der Waals surface area contributed by atoms with Gasteiger partial charge in [-0.2, -0.15) is 0 Å². The first kappa shape index (κ1) is 13.6. The highest BCUT2D eigenvalue weighted by Gasteiger charge is 2.43. The zero-order valence-electron chi connectivity index (χ0n) is 10.7. The van der Waals surface area contributed by atoms with Crippen molar-refractivity contribution in [1.29, 1.82) is 0 Å². The Labute approximate surface area is 111 Å². The van der Waals surface area contributed by atoms with Gasteiger partial charge in [-0.05, 0) is 25.7 Å². The number of carboxylic acid groups (broad SMARTS) is 1. The Morgan fingerprint density at radius 2 is 1.95 bits per heavy atom. The Kier molecular flexibility index (Phi) is 3.92. The van der Waals surface area contributed by atoms with Crippen molar-refractivity contribution in [1.82, 2.24) is 16.0 Å². The normalized spacial score (nSPS) is 25.5. The van der Waals surface area contributed by atoms with Crippen LogP contribution in [0, 0.1) is 0 Å². The van der Waals surface area contributed by atoms with Crippen LogP contribution in [0.4, 0.5) is 4.79 Å². The van der Waals surface area contributed by atoms with Crippen LogP contribution in [0.15, 0.2) is 0 Å². The maximum absolute atomic E-state index is 11.9. The molecule has 1 heterocycles. The van der Waals surface area contributed by atoms with Gasteiger partial charge in [0.2, 0.25) is 5.91 Å². The van der Waals surface area contributed by atoms with E-state index in [1.807, 2.05) is 0 Å². The van der Waals surface area contributed by atoms with Gasteiger partial charge in [0.25, 0.3) is 0 Å². The summed E-state index contributed by atoms with van der Waals surface area (Å²) in [7, 11) is 0. The number of carboxylic acids is 1. The zero-order chi connectivity index (χ0) is 13.9. The molecule has 1 saturated carbocycles. The van der Waals surface area contributed by atoms with Gasteiger partial charge >= 0.3 is 12.0 Å². The highest BCUT2D eigenvalue weighted by Crippen LogP contribution is 2.29. The van der Waals surface area contributed by atoms with Crippen molar-refractivity contribution >= 4 is 17.9 Å². The van der Waals surface area contributed by atoms with Crippen LogP contribution in [0.1, 0.15) is 38.5 Å². The summed E-state index contributed by atoms with van der Waals surface area (Å²) in [5.41, 5.74) is -1.17. The first-order chi connectivity index (χ1) is 9.03. The van der Waals surface area contributed by atoms with Gasteiger partial charge in [0.15, 0.2) is 0 Å². The van der Waals surface area contributed by atoms with E-state index in [1.165, 1.54) is 0 Å². The van der Waals surface area contributed by atoms with Crippen LogP contribution in [0.25, 0.3) is 0 Å². The van der Waals surface area contributed by atoms with E-state index in [0.717, 1.165) is 19.3 Å². The fourth-order valence-electron chi connectivity index (χ4n) is 2.69. The molecular weight excluding hydrogens is 250 g/mol. The maximum atomic E-state index is 11.9. The van der Waals surface area contributed by atoms with Crippen molar-refractivity contribution in [3.8, 4) is 0 Å². The molecule has 0 aromatic rings. The Bertz CT molecular complexity index is 390. The molecule has 4 N–H and O–H groups in total. The van der Waals surface area contributed by atoms with E-state index in [9.17, 15) is 19.5 Å². The van der Waals surface area contributed by atoms with Crippen molar-refractivity contribution in [2.45, 2.75) is 50.1 Å². The van der Waals surface area contributed by atoms with Crippen LogP contribution in [0.2, 0.25) is 0 Å². The molecule has 106 valence electrons. The SMILES string of the molecule is O=C(NC1CCCNC1=O)NC1(C(=O)O)CCCC1. The summed E-state index contributed by atoms with van der Waals surface area (Å²) in [5, 5.41) is 17.0. The van der Waals surface area contributed by atoms with E-state index in [0.29, 0.717) is 25.8 Å². The molecule has 3 amide bonds. The van der Waals surface area contributed by atoms with Crippen LogP contribution >= 0.6 is 0 Å². The van der Waals surface area contributed by atoms with Crippen molar-refractivity contribution < 1.29 is 19.5 Å². The second-order valence-electron chi connectivity index (χ2n) is 5.18. The van der Waals surface area contributed by atoms with Crippen molar-refractivity contribution in [2.24, 2.45) is 0 Å². The summed E-state index contributed by atoms with van der Waals surface area (Å²) < 4.78 is 0. The third-order valence-corrected chi connectivity index (χ3v) is 3.81. The quantitative estimate of drug-likeness (QED) is 0.576. The maximum Gasteiger partial charge on any atom is 0.329 e. The molecule has 1 atom stereocenters. The van der Waals surface area contributed by atoms with Gasteiger partial charge in [0.1, 0.15) is 11.6 Å². The highest BCUT2D eigenvalue weighted by atomic mass is 16.4. The highest BCUT2D eigenvalue weighted by molar-refractivity contribution is 5.90. The Hall–Kier alpha value is -1.79. The summed E-state index contributed by atoms with van der Waals surface area (Å²) in [4.78, 5) is 34.7. The Morgan fingerprint density at radius 1 is 1.26 bits per heavy atom. The number of carbonyl (C=O) groups excluding carboxylic acids is 2. The molecule has 7 nitrogen and oxygen atoms in total. The molecule has 0 bridgehead atoms. The molecule has 0 aromatic carbocycles. The molecule has 2 fully saturated rings. The lowest BCUT2D eigenvalue weighted by Crippen LogP contribution is -2.59. The number of hydrogen-bond acceptors (Lipinski definition) is 3. The fraction of sp³-hybridized carbons (Fsp3) is 0.750. The predicted molar refractivity (Wildman–Crippen MR) is 66.5 cm³/mol. The van der Waals surface area contributed by atoms with Crippen molar-refractivity contribution in [2.75, 3.05) is 6.54 Å². The molecule has 0 radical (unpaired) electrons. The number of nitrogens with one attached hydrogen (secondary N) is 3. The molecule has 1 aliphatic heterocycles. The van der Waals surface area contributed by atoms with E-state index in [4.69, 9.17) is 0 Å². The van der Waals surface area contributed by atoms with Gasteiger partial charge in [-0.15, -0.1) is 0 Å². The summed E-state index contributed by atoms with van der Waals surface area (Å²) in [6, 6.07) is -1.15. The molecule has 7 heteroatoms. The minimum absolute atomic E-state index is 0.211. The number of aliphatic carboxylic acids is 1. The largest absolute Gasteiger partial charge is 0.480 e. The minimum atomic E-state index is -1.17. The van der Waals surface area contributed by atoms with Crippen LogP contribution in [-0.4, -0.2) is 41.1 Å². The Morgan fingerprint density at radius 3 is 2.53 bits per heavy atom. The molecule has 2 rings (SSSR count). The summed E-state index contributed by atoms with van der Waals surface area (Å²) in [5.74, 6) is -1.22. The summed E-state index contributed by atoms with van der Waals surface area (Å²) >= 11 is 0. The number of urea groups is 1.